The molecular formula is C21H35N5O2. The Labute approximate surface area is 168 Å². The van der Waals surface area contributed by atoms with Gasteiger partial charge in [0.15, 0.2) is 5.96 Å². The second-order valence-corrected chi connectivity index (χ2v) is 8.23. The van der Waals surface area contributed by atoms with Gasteiger partial charge in [-0.1, -0.05) is 12.1 Å². The lowest BCUT2D eigenvalue weighted by Crippen LogP contribution is -2.44. The monoisotopic (exact) mass is 389 g/mol. The minimum absolute atomic E-state index is 0.440. The van der Waals surface area contributed by atoms with E-state index in [1.807, 2.05) is 45.0 Å². The van der Waals surface area contributed by atoms with Crippen molar-refractivity contribution in [1.82, 2.24) is 15.5 Å². The number of amides is 1. The summed E-state index contributed by atoms with van der Waals surface area (Å²) in [5.74, 6) is 0.837. The summed E-state index contributed by atoms with van der Waals surface area (Å²) >= 11 is 0. The van der Waals surface area contributed by atoms with Crippen LogP contribution in [-0.4, -0.2) is 62.3 Å². The van der Waals surface area contributed by atoms with Crippen LogP contribution in [0.3, 0.4) is 0 Å². The zero-order chi connectivity index (χ0) is 20.6. The smallest absolute Gasteiger partial charge is 0.412 e. The maximum Gasteiger partial charge on any atom is 0.412 e. The van der Waals surface area contributed by atoms with Crippen molar-refractivity contribution in [3.63, 3.8) is 0 Å². The van der Waals surface area contributed by atoms with Gasteiger partial charge in [-0.05, 0) is 71.3 Å². The molecule has 7 heteroatoms. The first kappa shape index (κ1) is 22.0. The molecular weight excluding hydrogens is 354 g/mol. The molecule has 28 heavy (non-hydrogen) atoms. The van der Waals surface area contributed by atoms with Gasteiger partial charge in [-0.2, -0.15) is 0 Å². The lowest BCUT2D eigenvalue weighted by molar-refractivity contribution is 0.0636. The minimum Gasteiger partial charge on any atom is -0.444 e. The van der Waals surface area contributed by atoms with Gasteiger partial charge in [0.2, 0.25) is 0 Å². The molecule has 7 nitrogen and oxygen atoms in total. The van der Waals surface area contributed by atoms with Gasteiger partial charge in [0.25, 0.3) is 0 Å². The number of hydrogen-bond donors (Lipinski definition) is 3. The lowest BCUT2D eigenvalue weighted by Gasteiger charge is -2.21. The summed E-state index contributed by atoms with van der Waals surface area (Å²) in [5, 5.41) is 9.52. The number of anilines is 1. The third kappa shape index (κ3) is 7.76. The van der Waals surface area contributed by atoms with Crippen LogP contribution in [0.25, 0.3) is 0 Å². The van der Waals surface area contributed by atoms with Crippen molar-refractivity contribution in [1.29, 1.82) is 0 Å². The maximum atomic E-state index is 11.8. The van der Waals surface area contributed by atoms with E-state index in [2.05, 4.69) is 32.9 Å². The molecule has 0 radical (unpaired) electrons. The number of benzene rings is 1. The number of likely N-dealkylation sites (N-methyl/N-ethyl adjacent to an activating group) is 1. The highest BCUT2D eigenvalue weighted by atomic mass is 16.6. The molecule has 156 valence electrons. The van der Waals surface area contributed by atoms with Crippen LogP contribution < -0.4 is 16.0 Å². The van der Waals surface area contributed by atoms with Crippen molar-refractivity contribution < 1.29 is 9.53 Å². The molecule has 1 saturated heterocycles. The summed E-state index contributed by atoms with van der Waals surface area (Å²) in [7, 11) is 3.97. The Morgan fingerprint density at radius 1 is 1.25 bits per heavy atom. The van der Waals surface area contributed by atoms with Crippen LogP contribution in [-0.2, 0) is 11.2 Å². The van der Waals surface area contributed by atoms with Crippen molar-refractivity contribution in [2.45, 2.75) is 51.7 Å². The summed E-state index contributed by atoms with van der Waals surface area (Å²) in [6.45, 7) is 8.42. The van der Waals surface area contributed by atoms with E-state index in [1.54, 1.807) is 7.05 Å². The molecule has 0 aromatic heterocycles. The number of hydrogen-bond acceptors (Lipinski definition) is 4. The first-order valence-electron chi connectivity index (χ1n) is 10.0. The van der Waals surface area contributed by atoms with Crippen LogP contribution in [0.15, 0.2) is 29.3 Å². The summed E-state index contributed by atoms with van der Waals surface area (Å²) in [5.41, 5.74) is 1.41. The summed E-state index contributed by atoms with van der Waals surface area (Å²) in [4.78, 5) is 18.5. The highest BCUT2D eigenvalue weighted by Crippen LogP contribution is 2.14. The lowest BCUT2D eigenvalue weighted by atomic mass is 10.1. The Morgan fingerprint density at radius 3 is 2.54 bits per heavy atom. The Bertz CT molecular complexity index is 652. The quantitative estimate of drug-likeness (QED) is 0.515. The number of guanidine groups is 1. The molecule has 1 heterocycles. The van der Waals surface area contributed by atoms with Crippen molar-refractivity contribution in [2.24, 2.45) is 4.99 Å². The zero-order valence-corrected chi connectivity index (χ0v) is 17.8. The van der Waals surface area contributed by atoms with E-state index < -0.39 is 11.7 Å². The highest BCUT2D eigenvalue weighted by Gasteiger charge is 2.20. The standard InChI is InChI=1S/C21H35N5O2/c1-21(2,3)28-20(27)25-17-10-8-16(9-11-17)12-13-23-19(22-4)24-15-18-7-6-14-26(18)5/h8-11,18H,6-7,12-15H2,1-5H3,(H,25,27)(H2,22,23,24). The van der Waals surface area contributed by atoms with E-state index in [1.165, 1.54) is 24.9 Å². The fourth-order valence-electron chi connectivity index (χ4n) is 3.17. The molecule has 0 spiro atoms. The van der Waals surface area contributed by atoms with Crippen molar-refractivity contribution in [3.05, 3.63) is 29.8 Å². The number of likely N-dealkylation sites (tertiary alicyclic amines) is 1. The van der Waals surface area contributed by atoms with Crippen molar-refractivity contribution in [3.8, 4) is 0 Å². The molecule has 1 aliphatic rings. The highest BCUT2D eigenvalue weighted by molar-refractivity contribution is 5.84. The van der Waals surface area contributed by atoms with E-state index in [4.69, 9.17) is 4.74 Å². The van der Waals surface area contributed by atoms with Gasteiger partial charge in [-0.3, -0.25) is 10.3 Å². The van der Waals surface area contributed by atoms with Crippen LogP contribution >= 0.6 is 0 Å². The Balaban J connectivity index is 1.71. The SMILES string of the molecule is CN=C(NCCc1ccc(NC(=O)OC(C)(C)C)cc1)NCC1CCCN1C. The molecule has 1 aliphatic heterocycles. The number of carbonyl (C=O) groups excluding carboxylic acids is 1. The normalized spacial score (nSPS) is 18.0. The van der Waals surface area contributed by atoms with Crippen molar-refractivity contribution >= 4 is 17.7 Å². The van der Waals surface area contributed by atoms with Gasteiger partial charge in [0, 0.05) is 31.9 Å². The van der Waals surface area contributed by atoms with Gasteiger partial charge < -0.3 is 20.3 Å². The second-order valence-electron chi connectivity index (χ2n) is 8.23. The van der Waals surface area contributed by atoms with Gasteiger partial charge >= 0.3 is 6.09 Å². The predicted molar refractivity (Wildman–Crippen MR) is 115 cm³/mol. The Morgan fingerprint density at radius 2 is 1.96 bits per heavy atom. The van der Waals surface area contributed by atoms with Crippen LogP contribution in [0.4, 0.5) is 10.5 Å². The van der Waals surface area contributed by atoms with Crippen LogP contribution in [0.5, 0.6) is 0 Å². The summed E-state index contributed by atoms with van der Waals surface area (Å²) < 4.78 is 5.26. The van der Waals surface area contributed by atoms with E-state index in [9.17, 15) is 4.79 Å². The zero-order valence-electron chi connectivity index (χ0n) is 17.8. The van der Waals surface area contributed by atoms with E-state index in [0.29, 0.717) is 6.04 Å². The molecule has 0 bridgehead atoms. The van der Waals surface area contributed by atoms with E-state index in [-0.39, 0.29) is 0 Å². The molecule has 1 atom stereocenters. The summed E-state index contributed by atoms with van der Waals surface area (Å²) in [6, 6.07) is 8.39. The topological polar surface area (TPSA) is 78.0 Å². The number of nitrogens with zero attached hydrogens (tertiary/aromatic N) is 2. The van der Waals surface area contributed by atoms with Crippen LogP contribution in [0.1, 0.15) is 39.2 Å². The second kappa shape index (κ2) is 10.3. The Kier molecular flexibility index (Phi) is 8.11. The number of rotatable bonds is 6. The fraction of sp³-hybridized carbons (Fsp3) is 0.619. The molecule has 1 fully saturated rings. The van der Waals surface area contributed by atoms with Crippen molar-refractivity contribution in [2.75, 3.05) is 39.0 Å². The first-order chi connectivity index (χ1) is 13.3. The molecule has 0 aliphatic carbocycles. The van der Waals surface area contributed by atoms with Gasteiger partial charge in [-0.15, -0.1) is 0 Å². The molecule has 0 saturated carbocycles. The predicted octanol–water partition coefficient (Wildman–Crippen LogP) is 2.84. The minimum atomic E-state index is -0.505. The number of nitrogens with one attached hydrogen (secondary N) is 3. The number of aliphatic imine (C=N–C) groups is 1. The number of ether oxygens (including phenoxy) is 1. The summed E-state index contributed by atoms with van der Waals surface area (Å²) in [6.07, 6.45) is 2.94. The number of carbonyl (C=O) groups is 1. The van der Waals surface area contributed by atoms with Gasteiger partial charge in [-0.25, -0.2) is 4.79 Å². The molecule has 3 N–H and O–H groups in total. The third-order valence-electron chi connectivity index (χ3n) is 4.71. The van der Waals surface area contributed by atoms with E-state index in [0.717, 1.165) is 31.2 Å². The molecule has 1 unspecified atom stereocenters. The fourth-order valence-corrected chi connectivity index (χ4v) is 3.17. The maximum absolute atomic E-state index is 11.8. The third-order valence-corrected chi connectivity index (χ3v) is 4.71. The average molecular weight is 390 g/mol. The van der Waals surface area contributed by atoms with Crippen LogP contribution in [0, 0.1) is 0 Å². The average Bonchev–Trinajstić information content (AvgIpc) is 3.02. The molecule has 1 amide bonds. The van der Waals surface area contributed by atoms with Gasteiger partial charge in [0.05, 0.1) is 0 Å². The van der Waals surface area contributed by atoms with Gasteiger partial charge in [0.1, 0.15) is 5.60 Å². The molecule has 1 aromatic rings. The molecule has 1 aromatic carbocycles. The van der Waals surface area contributed by atoms with Crippen LogP contribution in [0.2, 0.25) is 0 Å². The largest absolute Gasteiger partial charge is 0.444 e. The Hall–Kier alpha value is -2.28. The molecule has 2 rings (SSSR count). The first-order valence-corrected chi connectivity index (χ1v) is 10.0. The van der Waals surface area contributed by atoms with E-state index >= 15 is 0 Å².